The minimum Gasteiger partial charge on any atom is -0.379 e. The van der Waals surface area contributed by atoms with Gasteiger partial charge in [0.25, 0.3) is 0 Å². The van der Waals surface area contributed by atoms with Gasteiger partial charge in [0.05, 0.1) is 11.9 Å². The van der Waals surface area contributed by atoms with Crippen LogP contribution in [0.4, 0.5) is 5.69 Å². The molecule has 5 heteroatoms. The molecule has 90 valence electrons. The molecule has 17 heavy (non-hydrogen) atoms. The monoisotopic (exact) mass is 294 g/mol. The lowest BCUT2D eigenvalue weighted by Crippen LogP contribution is -2.00. The van der Waals surface area contributed by atoms with Crippen LogP contribution in [0.25, 0.3) is 0 Å². The van der Waals surface area contributed by atoms with Crippen LogP contribution in [0, 0.1) is 0 Å². The Morgan fingerprint density at radius 3 is 3.12 bits per heavy atom. The standard InChI is InChI=1S/C12H15BrN4/c1-2-6-17-9-10(8-16-17)7-15-11-4-3-5-14-12(11)13/h3-5,8-9,15H,2,6-7H2,1H3. The van der Waals surface area contributed by atoms with Crippen molar-refractivity contribution in [3.63, 3.8) is 0 Å². The summed E-state index contributed by atoms with van der Waals surface area (Å²) in [6.07, 6.45) is 6.82. The van der Waals surface area contributed by atoms with Gasteiger partial charge in [0, 0.05) is 31.0 Å². The number of hydrogen-bond donors (Lipinski definition) is 1. The number of nitrogens with zero attached hydrogens (tertiary/aromatic N) is 3. The molecule has 0 aromatic carbocycles. The van der Waals surface area contributed by atoms with E-state index in [-0.39, 0.29) is 0 Å². The summed E-state index contributed by atoms with van der Waals surface area (Å²) in [4.78, 5) is 4.16. The smallest absolute Gasteiger partial charge is 0.129 e. The Morgan fingerprint density at radius 2 is 2.35 bits per heavy atom. The molecule has 4 nitrogen and oxygen atoms in total. The van der Waals surface area contributed by atoms with Crippen molar-refractivity contribution < 1.29 is 0 Å². The molecule has 0 saturated heterocycles. The summed E-state index contributed by atoms with van der Waals surface area (Å²) in [5.41, 5.74) is 2.17. The van der Waals surface area contributed by atoms with Gasteiger partial charge in [-0.3, -0.25) is 4.68 Å². The average Bonchev–Trinajstić information content (AvgIpc) is 2.76. The third-order valence-electron chi connectivity index (χ3n) is 2.38. The molecule has 0 bridgehead atoms. The molecule has 2 heterocycles. The van der Waals surface area contributed by atoms with E-state index in [2.05, 4.69) is 44.4 Å². The highest BCUT2D eigenvalue weighted by Gasteiger charge is 2.01. The van der Waals surface area contributed by atoms with Crippen LogP contribution >= 0.6 is 15.9 Å². The van der Waals surface area contributed by atoms with Gasteiger partial charge in [-0.05, 0) is 34.5 Å². The Labute approximate surface area is 109 Å². The zero-order valence-corrected chi connectivity index (χ0v) is 11.3. The van der Waals surface area contributed by atoms with Crippen molar-refractivity contribution in [1.29, 1.82) is 0 Å². The number of nitrogens with one attached hydrogen (secondary N) is 1. The van der Waals surface area contributed by atoms with Crippen molar-refractivity contribution >= 4 is 21.6 Å². The van der Waals surface area contributed by atoms with E-state index in [1.54, 1.807) is 6.20 Å². The van der Waals surface area contributed by atoms with Crippen LogP contribution in [0.3, 0.4) is 0 Å². The average molecular weight is 295 g/mol. The Morgan fingerprint density at radius 1 is 1.47 bits per heavy atom. The molecular formula is C12H15BrN4. The number of rotatable bonds is 5. The highest BCUT2D eigenvalue weighted by Crippen LogP contribution is 2.18. The molecule has 0 atom stereocenters. The molecule has 2 rings (SSSR count). The number of aryl methyl sites for hydroxylation is 1. The summed E-state index contributed by atoms with van der Waals surface area (Å²) in [7, 11) is 0. The van der Waals surface area contributed by atoms with Gasteiger partial charge in [0.15, 0.2) is 0 Å². The van der Waals surface area contributed by atoms with Gasteiger partial charge >= 0.3 is 0 Å². The molecule has 0 fully saturated rings. The second-order valence-corrected chi connectivity index (χ2v) is 4.56. The first kappa shape index (κ1) is 12.1. The van der Waals surface area contributed by atoms with Crippen molar-refractivity contribution in [2.45, 2.75) is 26.4 Å². The van der Waals surface area contributed by atoms with E-state index < -0.39 is 0 Å². The first-order chi connectivity index (χ1) is 8.29. The maximum Gasteiger partial charge on any atom is 0.129 e. The zero-order valence-electron chi connectivity index (χ0n) is 9.73. The van der Waals surface area contributed by atoms with Crippen molar-refractivity contribution in [2.75, 3.05) is 5.32 Å². The van der Waals surface area contributed by atoms with Crippen LogP contribution in [-0.4, -0.2) is 14.8 Å². The molecule has 0 spiro atoms. The quantitative estimate of drug-likeness (QED) is 0.862. The molecule has 0 aliphatic rings. The summed E-state index contributed by atoms with van der Waals surface area (Å²) in [6.45, 7) is 3.87. The van der Waals surface area contributed by atoms with Gasteiger partial charge in [0.2, 0.25) is 0 Å². The van der Waals surface area contributed by atoms with Gasteiger partial charge in [-0.15, -0.1) is 0 Å². The van der Waals surface area contributed by atoms with Crippen molar-refractivity contribution in [3.8, 4) is 0 Å². The fraction of sp³-hybridized carbons (Fsp3) is 0.333. The molecule has 0 saturated carbocycles. The largest absolute Gasteiger partial charge is 0.379 e. The second kappa shape index (κ2) is 5.82. The molecule has 2 aromatic heterocycles. The molecule has 0 unspecified atom stereocenters. The van der Waals surface area contributed by atoms with Gasteiger partial charge in [0.1, 0.15) is 4.60 Å². The first-order valence-electron chi connectivity index (χ1n) is 5.65. The molecule has 0 aliphatic carbocycles. The van der Waals surface area contributed by atoms with Crippen molar-refractivity contribution in [1.82, 2.24) is 14.8 Å². The molecule has 0 radical (unpaired) electrons. The molecule has 0 aliphatic heterocycles. The van der Waals surface area contributed by atoms with Gasteiger partial charge < -0.3 is 5.32 Å². The topological polar surface area (TPSA) is 42.7 Å². The third kappa shape index (κ3) is 3.30. The van der Waals surface area contributed by atoms with Crippen LogP contribution in [0.15, 0.2) is 35.3 Å². The summed E-state index contributed by atoms with van der Waals surface area (Å²) >= 11 is 3.41. The number of halogens is 1. The van der Waals surface area contributed by atoms with Crippen LogP contribution in [0.5, 0.6) is 0 Å². The SMILES string of the molecule is CCCn1cc(CNc2cccnc2Br)cn1. The molecule has 1 N–H and O–H groups in total. The summed E-state index contributed by atoms with van der Waals surface area (Å²) in [6, 6.07) is 3.90. The third-order valence-corrected chi connectivity index (χ3v) is 3.01. The van der Waals surface area contributed by atoms with E-state index in [0.717, 1.165) is 29.8 Å². The number of anilines is 1. The van der Waals surface area contributed by atoms with Crippen LogP contribution in [-0.2, 0) is 13.1 Å². The minimum absolute atomic E-state index is 0.758. The Bertz CT molecular complexity index is 481. The summed E-state index contributed by atoms with van der Waals surface area (Å²) < 4.78 is 2.80. The van der Waals surface area contributed by atoms with Gasteiger partial charge in [-0.25, -0.2) is 4.98 Å². The fourth-order valence-corrected chi connectivity index (χ4v) is 1.95. The van der Waals surface area contributed by atoms with E-state index >= 15 is 0 Å². The van der Waals surface area contributed by atoms with E-state index in [1.165, 1.54) is 5.56 Å². The highest BCUT2D eigenvalue weighted by atomic mass is 79.9. The van der Waals surface area contributed by atoms with E-state index in [4.69, 9.17) is 0 Å². The lowest BCUT2D eigenvalue weighted by atomic mass is 10.3. The predicted octanol–water partition coefficient (Wildman–Crippen LogP) is 3.06. The van der Waals surface area contributed by atoms with Crippen molar-refractivity contribution in [2.24, 2.45) is 0 Å². The van der Waals surface area contributed by atoms with Gasteiger partial charge in [-0.2, -0.15) is 5.10 Å². The van der Waals surface area contributed by atoms with Crippen LogP contribution in [0.2, 0.25) is 0 Å². The predicted molar refractivity (Wildman–Crippen MR) is 71.8 cm³/mol. The van der Waals surface area contributed by atoms with Crippen molar-refractivity contribution in [3.05, 3.63) is 40.9 Å². The summed E-state index contributed by atoms with van der Waals surface area (Å²) in [5.74, 6) is 0. The Balaban J connectivity index is 1.95. The number of hydrogen-bond acceptors (Lipinski definition) is 3. The lowest BCUT2D eigenvalue weighted by Gasteiger charge is -2.05. The minimum atomic E-state index is 0.758. The zero-order chi connectivity index (χ0) is 12.1. The molecular weight excluding hydrogens is 280 g/mol. The van der Waals surface area contributed by atoms with E-state index in [0.29, 0.717) is 0 Å². The van der Waals surface area contributed by atoms with E-state index in [9.17, 15) is 0 Å². The maximum absolute atomic E-state index is 4.29. The Hall–Kier alpha value is -1.36. The summed E-state index contributed by atoms with van der Waals surface area (Å²) in [5, 5.41) is 7.61. The van der Waals surface area contributed by atoms with Crippen LogP contribution < -0.4 is 5.32 Å². The number of aromatic nitrogens is 3. The Kier molecular flexibility index (Phi) is 4.14. The fourth-order valence-electron chi connectivity index (χ4n) is 1.56. The van der Waals surface area contributed by atoms with Gasteiger partial charge in [-0.1, -0.05) is 6.92 Å². The molecule has 0 amide bonds. The number of pyridine rings is 1. The maximum atomic E-state index is 4.29. The highest BCUT2D eigenvalue weighted by molar-refractivity contribution is 9.10. The lowest BCUT2D eigenvalue weighted by molar-refractivity contribution is 0.602. The second-order valence-electron chi connectivity index (χ2n) is 3.81. The van der Waals surface area contributed by atoms with E-state index in [1.807, 2.05) is 23.0 Å². The molecule has 2 aromatic rings. The normalized spacial score (nSPS) is 10.5. The first-order valence-corrected chi connectivity index (χ1v) is 6.44. The van der Waals surface area contributed by atoms with Crippen LogP contribution in [0.1, 0.15) is 18.9 Å².